The Labute approximate surface area is 106 Å². The fraction of sp³-hybridized carbons (Fsp3) is 0.400. The topological polar surface area (TPSA) is 89.3 Å². The summed E-state index contributed by atoms with van der Waals surface area (Å²) in [7, 11) is 0. The summed E-state index contributed by atoms with van der Waals surface area (Å²) in [6.45, 7) is -0.133. The van der Waals surface area contributed by atoms with Crippen LogP contribution in [0.25, 0.3) is 0 Å². The molecule has 2 rings (SSSR count). The van der Waals surface area contributed by atoms with E-state index < -0.39 is 15.0 Å². The van der Waals surface area contributed by atoms with Gasteiger partial charge in [0.05, 0.1) is 35.2 Å². The normalized spacial score (nSPS) is 22.7. The predicted molar refractivity (Wildman–Crippen MR) is 64.7 cm³/mol. The van der Waals surface area contributed by atoms with Gasteiger partial charge in [0, 0.05) is 18.4 Å². The molecule has 1 aromatic rings. The molecule has 0 spiro atoms. The van der Waals surface area contributed by atoms with Crippen LogP contribution in [-0.2, 0) is 0 Å². The highest BCUT2D eigenvalue weighted by molar-refractivity contribution is 7.93. The van der Waals surface area contributed by atoms with E-state index in [0.29, 0.717) is 17.5 Å². The van der Waals surface area contributed by atoms with Crippen LogP contribution in [0.2, 0.25) is 0 Å². The number of hydroxylamine groups is 2. The van der Waals surface area contributed by atoms with Crippen molar-refractivity contribution in [2.75, 3.05) is 12.3 Å². The average molecular weight is 273 g/mol. The standard InChI is InChI=1S/C10H10FN2O4S/c11-10-5-8(12(14)15)1-2-9(10)7-3-4-13(16,17)18-6-7/h1-2,5,7H,3-4,6H2/q-1. The molecule has 1 fully saturated rings. The van der Waals surface area contributed by atoms with Gasteiger partial charge in [-0.25, -0.2) is 4.39 Å². The van der Waals surface area contributed by atoms with Crippen LogP contribution in [0.3, 0.4) is 0 Å². The largest absolute Gasteiger partial charge is 0.619 e. The van der Waals surface area contributed by atoms with Crippen LogP contribution >= 0.6 is 11.9 Å². The Morgan fingerprint density at radius 3 is 2.67 bits per heavy atom. The van der Waals surface area contributed by atoms with Crippen molar-refractivity contribution in [1.29, 1.82) is 0 Å². The first-order valence-electron chi connectivity index (χ1n) is 5.27. The zero-order valence-electron chi connectivity index (χ0n) is 9.24. The molecule has 1 aliphatic rings. The van der Waals surface area contributed by atoms with Crippen LogP contribution in [0, 0.1) is 26.3 Å². The molecule has 8 heteroatoms. The summed E-state index contributed by atoms with van der Waals surface area (Å²) in [4.78, 5) is 9.81. The molecular formula is C10H10FN2O4S-. The predicted octanol–water partition coefficient (Wildman–Crippen LogP) is 2.68. The molecule has 1 atom stereocenters. The van der Waals surface area contributed by atoms with Gasteiger partial charge in [-0.2, -0.15) is 0 Å². The number of hydrogen-bond donors (Lipinski definition) is 0. The highest BCUT2D eigenvalue weighted by atomic mass is 32.2. The Hall–Kier alpha value is -1.22. The lowest BCUT2D eigenvalue weighted by Crippen LogP contribution is -2.35. The fourth-order valence-electron chi connectivity index (χ4n) is 1.87. The van der Waals surface area contributed by atoms with Gasteiger partial charge in [-0.15, -0.1) is 0 Å². The molecule has 6 nitrogen and oxygen atoms in total. The molecule has 0 saturated carbocycles. The number of halogens is 1. The Bertz CT molecular complexity index is 473. The smallest absolute Gasteiger partial charge is 0.272 e. The van der Waals surface area contributed by atoms with Gasteiger partial charge in [-0.05, 0) is 11.6 Å². The van der Waals surface area contributed by atoms with Gasteiger partial charge >= 0.3 is 0 Å². The quantitative estimate of drug-likeness (QED) is 0.272. The molecular weight excluding hydrogens is 263 g/mol. The maximum absolute atomic E-state index is 13.7. The lowest BCUT2D eigenvalue weighted by atomic mass is 9.96. The van der Waals surface area contributed by atoms with E-state index in [2.05, 4.69) is 0 Å². The number of hydrogen-bond acceptors (Lipinski definition) is 5. The van der Waals surface area contributed by atoms with Gasteiger partial charge < -0.3 is 14.6 Å². The molecule has 18 heavy (non-hydrogen) atoms. The first-order valence-corrected chi connectivity index (χ1v) is 6.22. The summed E-state index contributed by atoms with van der Waals surface area (Å²) in [5, 5.41) is 32.7. The van der Waals surface area contributed by atoms with Gasteiger partial charge in [0.2, 0.25) is 0 Å². The van der Waals surface area contributed by atoms with Gasteiger partial charge in [-0.1, -0.05) is 0 Å². The van der Waals surface area contributed by atoms with Crippen molar-refractivity contribution < 1.29 is 13.5 Å². The number of nitro groups is 1. The van der Waals surface area contributed by atoms with Crippen LogP contribution in [0.1, 0.15) is 17.9 Å². The monoisotopic (exact) mass is 273 g/mol. The lowest BCUT2D eigenvalue weighted by molar-refractivity contribution is -0.686. The van der Waals surface area contributed by atoms with Crippen molar-refractivity contribution in [2.24, 2.45) is 0 Å². The number of quaternary nitrogens is 1. The molecule has 1 heterocycles. The third-order valence-corrected chi connectivity index (χ3v) is 3.99. The second-order valence-corrected chi connectivity index (χ2v) is 5.23. The van der Waals surface area contributed by atoms with Crippen LogP contribution in [0.15, 0.2) is 18.2 Å². The van der Waals surface area contributed by atoms with Crippen LogP contribution in [0.4, 0.5) is 10.1 Å². The third kappa shape index (κ3) is 2.78. The summed E-state index contributed by atoms with van der Waals surface area (Å²) in [6.07, 6.45) is 0.286. The minimum absolute atomic E-state index is 0.133. The zero-order valence-corrected chi connectivity index (χ0v) is 10.1. The van der Waals surface area contributed by atoms with E-state index in [1.807, 2.05) is 0 Å². The number of benzene rings is 1. The van der Waals surface area contributed by atoms with Crippen LogP contribution < -0.4 is 0 Å². The second kappa shape index (κ2) is 4.81. The van der Waals surface area contributed by atoms with Gasteiger partial charge in [0.25, 0.3) is 5.69 Å². The molecule has 98 valence electrons. The van der Waals surface area contributed by atoms with Gasteiger partial charge in [0.15, 0.2) is 0 Å². The Morgan fingerprint density at radius 1 is 1.44 bits per heavy atom. The van der Waals surface area contributed by atoms with Crippen molar-refractivity contribution >= 4 is 17.6 Å². The van der Waals surface area contributed by atoms with Crippen molar-refractivity contribution in [3.05, 3.63) is 50.1 Å². The molecule has 0 N–H and O–H groups in total. The van der Waals surface area contributed by atoms with E-state index in [-0.39, 0.29) is 30.3 Å². The van der Waals surface area contributed by atoms with E-state index in [1.165, 1.54) is 12.1 Å². The van der Waals surface area contributed by atoms with Gasteiger partial charge in [-0.3, -0.25) is 10.1 Å². The van der Waals surface area contributed by atoms with E-state index in [4.69, 9.17) is 0 Å². The van der Waals surface area contributed by atoms with E-state index >= 15 is 0 Å². The molecule has 1 aliphatic heterocycles. The maximum Gasteiger partial charge on any atom is 0.272 e. The molecule has 0 radical (unpaired) electrons. The van der Waals surface area contributed by atoms with Crippen molar-refractivity contribution in [3.63, 3.8) is 0 Å². The van der Waals surface area contributed by atoms with Crippen LogP contribution in [0.5, 0.6) is 0 Å². The molecule has 1 aromatic carbocycles. The zero-order chi connectivity index (χ0) is 13.3. The first kappa shape index (κ1) is 13.2. The molecule has 0 aromatic heterocycles. The van der Waals surface area contributed by atoms with Crippen LogP contribution in [-0.4, -0.2) is 21.4 Å². The molecule has 0 bridgehead atoms. The molecule has 1 saturated heterocycles. The third-order valence-electron chi connectivity index (χ3n) is 2.86. The molecule has 0 amide bonds. The summed E-state index contributed by atoms with van der Waals surface area (Å²) >= 11 is 0.668. The van der Waals surface area contributed by atoms with E-state index in [1.54, 1.807) is 0 Å². The van der Waals surface area contributed by atoms with Crippen molar-refractivity contribution in [2.45, 2.75) is 12.3 Å². The van der Waals surface area contributed by atoms with Gasteiger partial charge in [0.1, 0.15) is 5.82 Å². The SMILES string of the molecule is O=[N+]([O-])c1ccc(C2CC[N+]([O-])([O-])SC2)c(F)c1. The summed E-state index contributed by atoms with van der Waals surface area (Å²) < 4.78 is 12.1. The maximum atomic E-state index is 13.7. The number of non-ortho nitro benzene ring substituents is 1. The molecule has 0 aliphatic carbocycles. The summed E-state index contributed by atoms with van der Waals surface area (Å²) in [5.41, 5.74) is 0.0188. The first-order chi connectivity index (χ1) is 8.39. The average Bonchev–Trinajstić information content (AvgIpc) is 2.29. The highest BCUT2D eigenvalue weighted by Gasteiger charge is 2.27. The minimum Gasteiger partial charge on any atom is -0.619 e. The fourth-order valence-corrected chi connectivity index (χ4v) is 2.86. The Balaban J connectivity index is 2.17. The lowest BCUT2D eigenvalue weighted by Gasteiger charge is -2.48. The minimum atomic E-state index is -1.62. The highest BCUT2D eigenvalue weighted by Crippen LogP contribution is 2.37. The Kier molecular flexibility index (Phi) is 3.53. The van der Waals surface area contributed by atoms with Crippen molar-refractivity contribution in [3.8, 4) is 0 Å². The number of nitro benzene ring substituents is 1. The van der Waals surface area contributed by atoms with Crippen molar-refractivity contribution in [1.82, 2.24) is 0 Å². The number of nitrogens with zero attached hydrogens (tertiary/aromatic N) is 2. The van der Waals surface area contributed by atoms with E-state index in [9.17, 15) is 24.9 Å². The van der Waals surface area contributed by atoms with E-state index in [0.717, 1.165) is 6.07 Å². The number of rotatable bonds is 2. The Morgan fingerprint density at radius 2 is 2.17 bits per heavy atom. The molecule has 1 unspecified atom stereocenters. The second-order valence-electron chi connectivity index (χ2n) is 4.08. The summed E-state index contributed by atoms with van der Waals surface area (Å²) in [6, 6.07) is 3.45. The summed E-state index contributed by atoms with van der Waals surface area (Å²) in [5.74, 6) is -0.682.